The van der Waals surface area contributed by atoms with Gasteiger partial charge in [0.1, 0.15) is 5.78 Å². The van der Waals surface area contributed by atoms with Crippen molar-refractivity contribution in [1.29, 1.82) is 0 Å². The third-order valence-electron chi connectivity index (χ3n) is 6.38. The van der Waals surface area contributed by atoms with Crippen molar-refractivity contribution in [2.45, 2.75) is 38.2 Å². The molecule has 2 bridgehead atoms. The first-order chi connectivity index (χ1) is 15.8. The number of Topliss-reactive ketones (excluding diaryl/α,β-unsaturated/α-hetero) is 1. The lowest BCUT2D eigenvalue weighted by molar-refractivity contribution is -0.384. The maximum Gasteiger partial charge on any atom is 0.310 e. The highest BCUT2D eigenvalue weighted by molar-refractivity contribution is 6.34. The summed E-state index contributed by atoms with van der Waals surface area (Å²) in [5.74, 6) is -1.54. The Morgan fingerprint density at radius 1 is 1.09 bits per heavy atom. The molecule has 0 heterocycles. The predicted octanol–water partition coefficient (Wildman–Crippen LogP) is 4.87. The maximum absolute atomic E-state index is 13.1. The molecule has 2 fully saturated rings. The summed E-state index contributed by atoms with van der Waals surface area (Å²) in [6.07, 6.45) is 2.24. The number of amides is 1. The van der Waals surface area contributed by atoms with Gasteiger partial charge in [0.15, 0.2) is 0 Å². The van der Waals surface area contributed by atoms with Gasteiger partial charge in [0.2, 0.25) is 6.10 Å². The maximum atomic E-state index is 13.1. The van der Waals surface area contributed by atoms with Gasteiger partial charge >= 0.3 is 5.97 Å². The molecule has 0 radical (unpaired) electrons. The van der Waals surface area contributed by atoms with Crippen molar-refractivity contribution in [2.75, 3.05) is 5.32 Å². The van der Waals surface area contributed by atoms with Crippen molar-refractivity contribution in [2.24, 2.45) is 17.8 Å². The zero-order chi connectivity index (χ0) is 23.5. The lowest BCUT2D eigenvalue weighted by Crippen LogP contribution is -2.40. The molecule has 1 amide bonds. The highest BCUT2D eigenvalue weighted by atomic mass is 35.5. The molecule has 0 saturated heterocycles. The molecule has 0 unspecified atom stereocenters. The largest absolute Gasteiger partial charge is 0.447 e. The van der Waals surface area contributed by atoms with Gasteiger partial charge in [0.05, 0.1) is 21.6 Å². The molecule has 0 spiro atoms. The summed E-state index contributed by atoms with van der Waals surface area (Å²) in [6, 6.07) is 12.3. The lowest BCUT2D eigenvalue weighted by Gasteiger charge is -2.36. The molecular weight excluding hydrogens is 448 g/mol. The smallest absolute Gasteiger partial charge is 0.310 e. The van der Waals surface area contributed by atoms with Crippen LogP contribution < -0.4 is 5.32 Å². The van der Waals surface area contributed by atoms with Gasteiger partial charge in [-0.15, -0.1) is 0 Å². The zero-order valence-corrected chi connectivity index (χ0v) is 18.5. The third-order valence-corrected chi connectivity index (χ3v) is 6.69. The molecule has 0 aromatic heterocycles. The van der Waals surface area contributed by atoms with E-state index in [9.17, 15) is 24.5 Å². The summed E-state index contributed by atoms with van der Waals surface area (Å²) < 4.78 is 5.70. The van der Waals surface area contributed by atoms with E-state index in [1.807, 2.05) is 0 Å². The standard InChI is InChI=1S/C24H23ClN2O6/c25-19-13-18(27(31)32)9-10-20(19)26-23(29)22(14-5-2-1-3-6-14)33-24(30)17-11-15-7-4-8-16(12-17)21(15)28/h1-3,5-6,9-10,13,15-17,22H,4,7-8,11-12H2,(H,26,29)/t15-,16-,22-/m0/s1. The number of benzene rings is 2. The number of non-ortho nitro benzene ring substituents is 1. The molecule has 1 N–H and O–H groups in total. The van der Waals surface area contributed by atoms with E-state index in [1.54, 1.807) is 30.3 Å². The van der Waals surface area contributed by atoms with Gasteiger partial charge < -0.3 is 10.1 Å². The molecule has 172 valence electrons. The monoisotopic (exact) mass is 470 g/mol. The van der Waals surface area contributed by atoms with Crippen molar-refractivity contribution in [3.8, 4) is 0 Å². The van der Waals surface area contributed by atoms with Crippen molar-refractivity contribution >= 4 is 40.6 Å². The molecule has 2 aliphatic rings. The minimum atomic E-state index is -1.23. The number of ketones is 1. The first kappa shape index (κ1) is 22.9. The normalized spacial score (nSPS) is 22.8. The van der Waals surface area contributed by atoms with E-state index >= 15 is 0 Å². The number of hydrogen-bond acceptors (Lipinski definition) is 6. The van der Waals surface area contributed by atoms with Crippen LogP contribution in [0, 0.1) is 27.9 Å². The van der Waals surface area contributed by atoms with E-state index in [0.717, 1.165) is 25.3 Å². The number of halogens is 1. The fraction of sp³-hybridized carbons (Fsp3) is 0.375. The molecule has 33 heavy (non-hydrogen) atoms. The summed E-state index contributed by atoms with van der Waals surface area (Å²) >= 11 is 6.11. The Balaban J connectivity index is 1.52. The van der Waals surface area contributed by atoms with Gasteiger partial charge in [-0.05, 0) is 31.7 Å². The second kappa shape index (κ2) is 9.70. The van der Waals surface area contributed by atoms with Crippen LogP contribution in [0.25, 0.3) is 0 Å². The van der Waals surface area contributed by atoms with Crippen LogP contribution in [-0.4, -0.2) is 22.6 Å². The number of nitrogens with one attached hydrogen (secondary N) is 1. The Labute approximate surface area is 195 Å². The molecule has 2 aromatic rings. The minimum Gasteiger partial charge on any atom is -0.447 e. The SMILES string of the molecule is O=C(O[C@H](C(=O)Nc1ccc([N+](=O)[O-])cc1Cl)c1ccccc1)C1C[C@@H]2CCC[C@@H](C1)C2=O. The van der Waals surface area contributed by atoms with Gasteiger partial charge in [-0.3, -0.25) is 24.5 Å². The van der Waals surface area contributed by atoms with Crippen LogP contribution in [0.1, 0.15) is 43.8 Å². The van der Waals surface area contributed by atoms with E-state index in [2.05, 4.69) is 5.32 Å². The van der Waals surface area contributed by atoms with E-state index in [0.29, 0.717) is 18.4 Å². The Hall–Kier alpha value is -3.26. The molecular formula is C24H23ClN2O6. The van der Waals surface area contributed by atoms with Crippen molar-refractivity contribution in [1.82, 2.24) is 0 Å². The Morgan fingerprint density at radius 2 is 1.76 bits per heavy atom. The van der Waals surface area contributed by atoms with Gasteiger partial charge in [0, 0.05) is 29.5 Å². The van der Waals surface area contributed by atoms with E-state index in [4.69, 9.17) is 16.3 Å². The topological polar surface area (TPSA) is 116 Å². The average Bonchev–Trinajstić information content (AvgIpc) is 2.78. The molecule has 2 saturated carbocycles. The van der Waals surface area contributed by atoms with Gasteiger partial charge in [-0.1, -0.05) is 48.4 Å². The number of carbonyl (C=O) groups is 3. The van der Waals surface area contributed by atoms with Crippen LogP contribution >= 0.6 is 11.6 Å². The Bertz CT molecular complexity index is 1070. The Kier molecular flexibility index (Phi) is 6.74. The molecule has 0 aliphatic heterocycles. The first-order valence-electron chi connectivity index (χ1n) is 10.9. The summed E-state index contributed by atoms with van der Waals surface area (Å²) in [7, 11) is 0. The van der Waals surface area contributed by atoms with Crippen LogP contribution in [0.2, 0.25) is 5.02 Å². The van der Waals surface area contributed by atoms with Crippen LogP contribution in [0.15, 0.2) is 48.5 Å². The predicted molar refractivity (Wildman–Crippen MR) is 121 cm³/mol. The number of esters is 1. The second-order valence-electron chi connectivity index (χ2n) is 8.53. The number of hydrogen-bond donors (Lipinski definition) is 1. The molecule has 4 rings (SSSR count). The summed E-state index contributed by atoms with van der Waals surface area (Å²) in [6.45, 7) is 0. The third kappa shape index (κ3) is 5.06. The fourth-order valence-corrected chi connectivity index (χ4v) is 4.92. The number of nitro benzene ring substituents is 1. The summed E-state index contributed by atoms with van der Waals surface area (Å²) in [5, 5.41) is 13.5. The lowest BCUT2D eigenvalue weighted by atomic mass is 9.67. The first-order valence-corrected chi connectivity index (χ1v) is 11.2. The van der Waals surface area contributed by atoms with Crippen LogP contribution in [0.3, 0.4) is 0 Å². The molecule has 2 aromatic carbocycles. The summed E-state index contributed by atoms with van der Waals surface area (Å²) in [5.41, 5.74) is 0.442. The highest BCUT2D eigenvalue weighted by Gasteiger charge is 2.42. The summed E-state index contributed by atoms with van der Waals surface area (Å²) in [4.78, 5) is 48.9. The van der Waals surface area contributed by atoms with Gasteiger partial charge in [-0.2, -0.15) is 0 Å². The van der Waals surface area contributed by atoms with Crippen LogP contribution in [0.4, 0.5) is 11.4 Å². The molecule has 2 aliphatic carbocycles. The number of ether oxygens (including phenoxy) is 1. The average molecular weight is 471 g/mol. The number of rotatable bonds is 6. The van der Waals surface area contributed by atoms with Crippen LogP contribution in [0.5, 0.6) is 0 Å². The minimum absolute atomic E-state index is 0.00527. The van der Waals surface area contributed by atoms with Crippen molar-refractivity contribution in [3.05, 3.63) is 69.2 Å². The number of fused-ring (bicyclic) bond motifs is 2. The van der Waals surface area contributed by atoms with E-state index in [1.165, 1.54) is 12.1 Å². The molecule has 9 heteroatoms. The fourth-order valence-electron chi connectivity index (χ4n) is 4.70. The number of nitro groups is 1. The quantitative estimate of drug-likeness (QED) is 0.366. The number of nitrogens with zero attached hydrogens (tertiary/aromatic N) is 1. The highest BCUT2D eigenvalue weighted by Crippen LogP contribution is 2.41. The van der Waals surface area contributed by atoms with Crippen molar-refractivity contribution < 1.29 is 24.0 Å². The number of anilines is 1. The molecule has 3 atom stereocenters. The molecule has 8 nitrogen and oxygen atoms in total. The van der Waals surface area contributed by atoms with Gasteiger partial charge in [-0.25, -0.2) is 0 Å². The zero-order valence-electron chi connectivity index (χ0n) is 17.7. The number of carbonyl (C=O) groups excluding carboxylic acids is 3. The van der Waals surface area contributed by atoms with Crippen molar-refractivity contribution in [3.63, 3.8) is 0 Å². The van der Waals surface area contributed by atoms with E-state index in [-0.39, 0.29) is 34.0 Å². The Morgan fingerprint density at radius 3 is 2.36 bits per heavy atom. The second-order valence-corrected chi connectivity index (χ2v) is 8.94. The van der Waals surface area contributed by atoms with E-state index < -0.39 is 28.8 Å². The van der Waals surface area contributed by atoms with Gasteiger partial charge in [0.25, 0.3) is 11.6 Å². The van der Waals surface area contributed by atoms with Crippen LogP contribution in [-0.2, 0) is 19.1 Å².